The Kier molecular flexibility index (Phi) is 3.54. The molecule has 0 radical (unpaired) electrons. The molecule has 2 nitrogen and oxygen atoms in total. The number of methoxy groups -OCH3 is 1. The third-order valence-corrected chi connectivity index (χ3v) is 4.32. The van der Waals surface area contributed by atoms with E-state index in [-0.39, 0.29) is 6.10 Å². The van der Waals surface area contributed by atoms with Crippen LogP contribution in [0.4, 0.5) is 0 Å². The van der Waals surface area contributed by atoms with Gasteiger partial charge in [0.1, 0.15) is 0 Å². The molecule has 0 saturated heterocycles. The first-order valence-corrected chi connectivity index (χ1v) is 7.07. The van der Waals surface area contributed by atoms with Crippen LogP contribution in [0.2, 0.25) is 0 Å². The monoisotopic (exact) mass is 255 g/mol. The first-order valence-electron chi connectivity index (χ1n) is 7.07. The number of ether oxygens (including phenoxy) is 1. The van der Waals surface area contributed by atoms with Crippen LogP contribution >= 0.6 is 0 Å². The number of benzene rings is 2. The Hall–Kier alpha value is -1.38. The van der Waals surface area contributed by atoms with E-state index in [1.54, 1.807) is 0 Å². The van der Waals surface area contributed by atoms with Gasteiger partial charge in [0.05, 0.1) is 6.10 Å². The maximum absolute atomic E-state index is 5.74. The SMILES string of the molecule is COC1CC(CCN)Cc2c1ccc1ccccc21. The van der Waals surface area contributed by atoms with Crippen molar-refractivity contribution in [1.82, 2.24) is 0 Å². The second-order valence-electron chi connectivity index (χ2n) is 5.46. The van der Waals surface area contributed by atoms with Crippen LogP contribution in [0.3, 0.4) is 0 Å². The zero-order valence-electron chi connectivity index (χ0n) is 11.4. The second kappa shape index (κ2) is 5.32. The summed E-state index contributed by atoms with van der Waals surface area (Å²) in [4.78, 5) is 0. The predicted octanol–water partition coefficient (Wildman–Crippen LogP) is 3.44. The maximum atomic E-state index is 5.74. The largest absolute Gasteiger partial charge is 0.377 e. The van der Waals surface area contributed by atoms with Gasteiger partial charge in [-0.2, -0.15) is 0 Å². The highest BCUT2D eigenvalue weighted by Crippen LogP contribution is 2.39. The molecule has 0 amide bonds. The lowest BCUT2D eigenvalue weighted by molar-refractivity contribution is 0.0708. The van der Waals surface area contributed by atoms with Gasteiger partial charge in [-0.25, -0.2) is 0 Å². The van der Waals surface area contributed by atoms with Crippen molar-refractivity contribution in [3.8, 4) is 0 Å². The van der Waals surface area contributed by atoms with Gasteiger partial charge >= 0.3 is 0 Å². The summed E-state index contributed by atoms with van der Waals surface area (Å²) in [7, 11) is 1.81. The summed E-state index contributed by atoms with van der Waals surface area (Å²) in [5.74, 6) is 0.647. The van der Waals surface area contributed by atoms with Crippen molar-refractivity contribution in [2.24, 2.45) is 11.7 Å². The molecule has 2 atom stereocenters. The molecule has 0 bridgehead atoms. The summed E-state index contributed by atoms with van der Waals surface area (Å²) in [6, 6.07) is 13.1. The van der Waals surface area contributed by atoms with E-state index in [1.165, 1.54) is 21.9 Å². The van der Waals surface area contributed by atoms with Gasteiger partial charge in [-0.1, -0.05) is 36.4 Å². The van der Waals surface area contributed by atoms with Gasteiger partial charge in [0.2, 0.25) is 0 Å². The molecule has 2 N–H and O–H groups in total. The third-order valence-electron chi connectivity index (χ3n) is 4.32. The molecule has 0 spiro atoms. The minimum atomic E-state index is 0.227. The van der Waals surface area contributed by atoms with Crippen LogP contribution in [0.5, 0.6) is 0 Å². The van der Waals surface area contributed by atoms with Gasteiger partial charge in [-0.15, -0.1) is 0 Å². The third kappa shape index (κ3) is 2.26. The molecule has 0 fully saturated rings. The van der Waals surface area contributed by atoms with Crippen molar-refractivity contribution in [3.05, 3.63) is 47.5 Å². The topological polar surface area (TPSA) is 35.2 Å². The Bertz CT molecular complexity index is 578. The Balaban J connectivity index is 2.11. The minimum Gasteiger partial charge on any atom is -0.377 e. The zero-order chi connectivity index (χ0) is 13.2. The van der Waals surface area contributed by atoms with Gasteiger partial charge in [0, 0.05) is 7.11 Å². The molecule has 2 aromatic carbocycles. The Morgan fingerprint density at radius 3 is 2.84 bits per heavy atom. The van der Waals surface area contributed by atoms with Gasteiger partial charge in [-0.3, -0.25) is 0 Å². The lowest BCUT2D eigenvalue weighted by Crippen LogP contribution is -2.22. The summed E-state index contributed by atoms with van der Waals surface area (Å²) < 4.78 is 5.70. The normalized spacial score (nSPS) is 22.4. The van der Waals surface area contributed by atoms with Crippen LogP contribution < -0.4 is 5.73 Å². The lowest BCUT2D eigenvalue weighted by atomic mass is 9.78. The molecule has 19 heavy (non-hydrogen) atoms. The fraction of sp³-hybridized carbons (Fsp3) is 0.412. The first-order chi connectivity index (χ1) is 9.33. The van der Waals surface area contributed by atoms with Crippen molar-refractivity contribution in [1.29, 1.82) is 0 Å². The molecular formula is C17H21NO. The van der Waals surface area contributed by atoms with Crippen LogP contribution in [0.15, 0.2) is 36.4 Å². The van der Waals surface area contributed by atoms with E-state index in [4.69, 9.17) is 10.5 Å². The van der Waals surface area contributed by atoms with Crippen molar-refractivity contribution in [2.75, 3.05) is 13.7 Å². The van der Waals surface area contributed by atoms with Crippen molar-refractivity contribution < 1.29 is 4.74 Å². The van der Waals surface area contributed by atoms with Crippen LogP contribution in [-0.4, -0.2) is 13.7 Å². The van der Waals surface area contributed by atoms with Crippen molar-refractivity contribution in [2.45, 2.75) is 25.4 Å². The van der Waals surface area contributed by atoms with Crippen LogP contribution in [-0.2, 0) is 11.2 Å². The summed E-state index contributed by atoms with van der Waals surface area (Å²) in [5.41, 5.74) is 8.58. The molecule has 1 aliphatic carbocycles. The number of hydrogen-bond acceptors (Lipinski definition) is 2. The highest BCUT2D eigenvalue weighted by molar-refractivity contribution is 5.87. The average molecular weight is 255 g/mol. The van der Waals surface area contributed by atoms with Crippen LogP contribution in [0, 0.1) is 5.92 Å². The molecule has 100 valence electrons. The van der Waals surface area contributed by atoms with E-state index in [0.717, 1.165) is 25.8 Å². The number of rotatable bonds is 3. The molecule has 0 aromatic heterocycles. The van der Waals surface area contributed by atoms with E-state index in [9.17, 15) is 0 Å². The first kappa shape index (κ1) is 12.6. The van der Waals surface area contributed by atoms with Crippen molar-refractivity contribution in [3.63, 3.8) is 0 Å². The number of hydrogen-bond donors (Lipinski definition) is 1. The highest BCUT2D eigenvalue weighted by atomic mass is 16.5. The molecule has 2 aromatic rings. The van der Waals surface area contributed by atoms with E-state index in [2.05, 4.69) is 36.4 Å². The summed E-state index contributed by atoms with van der Waals surface area (Å²) in [6.07, 6.45) is 3.54. The Morgan fingerprint density at radius 2 is 2.05 bits per heavy atom. The summed E-state index contributed by atoms with van der Waals surface area (Å²) >= 11 is 0. The van der Waals surface area contributed by atoms with Crippen LogP contribution in [0.25, 0.3) is 10.8 Å². The fourth-order valence-electron chi connectivity index (χ4n) is 3.36. The molecular weight excluding hydrogens is 234 g/mol. The number of fused-ring (bicyclic) bond motifs is 3. The van der Waals surface area contributed by atoms with E-state index < -0.39 is 0 Å². The predicted molar refractivity (Wildman–Crippen MR) is 79.2 cm³/mol. The molecule has 0 aliphatic heterocycles. The Labute approximate surface area is 114 Å². The van der Waals surface area contributed by atoms with Crippen molar-refractivity contribution >= 4 is 10.8 Å². The minimum absolute atomic E-state index is 0.227. The summed E-state index contributed by atoms with van der Waals surface area (Å²) in [5, 5.41) is 2.70. The van der Waals surface area contributed by atoms with Gasteiger partial charge in [0.15, 0.2) is 0 Å². The van der Waals surface area contributed by atoms with Gasteiger partial charge < -0.3 is 10.5 Å². The van der Waals surface area contributed by atoms with Crippen LogP contribution in [0.1, 0.15) is 30.1 Å². The standard InChI is InChI=1S/C17H21NO/c1-19-17-11-12(8-9-18)10-16-14-5-3-2-4-13(14)6-7-15(16)17/h2-7,12,17H,8-11,18H2,1H3. The highest BCUT2D eigenvalue weighted by Gasteiger charge is 2.27. The quantitative estimate of drug-likeness (QED) is 0.912. The molecule has 0 heterocycles. The van der Waals surface area contributed by atoms with Gasteiger partial charge in [-0.05, 0) is 53.6 Å². The smallest absolute Gasteiger partial charge is 0.0826 e. The molecule has 0 saturated carbocycles. The number of nitrogens with two attached hydrogens (primary N) is 1. The molecule has 1 aliphatic rings. The average Bonchev–Trinajstić information content (AvgIpc) is 2.46. The Morgan fingerprint density at radius 1 is 1.21 bits per heavy atom. The van der Waals surface area contributed by atoms with E-state index in [0.29, 0.717) is 5.92 Å². The maximum Gasteiger partial charge on any atom is 0.0826 e. The molecule has 2 heteroatoms. The summed E-state index contributed by atoms with van der Waals surface area (Å²) in [6.45, 7) is 0.765. The van der Waals surface area contributed by atoms with Gasteiger partial charge in [0.25, 0.3) is 0 Å². The van der Waals surface area contributed by atoms with E-state index in [1.807, 2.05) is 7.11 Å². The molecule has 2 unspecified atom stereocenters. The lowest BCUT2D eigenvalue weighted by Gasteiger charge is -2.31. The molecule has 3 rings (SSSR count). The fourth-order valence-corrected chi connectivity index (χ4v) is 3.36. The van der Waals surface area contributed by atoms with E-state index >= 15 is 0 Å². The zero-order valence-corrected chi connectivity index (χ0v) is 11.4. The second-order valence-corrected chi connectivity index (χ2v) is 5.46.